The van der Waals surface area contributed by atoms with Crippen molar-refractivity contribution in [3.8, 4) is 0 Å². The third-order valence-electron chi connectivity index (χ3n) is 5.60. The van der Waals surface area contributed by atoms with Crippen molar-refractivity contribution in [3.63, 3.8) is 0 Å². The summed E-state index contributed by atoms with van der Waals surface area (Å²) in [6.45, 7) is 4.48. The maximum atomic E-state index is 13.6. The highest BCUT2D eigenvalue weighted by atomic mass is 31.2. The van der Waals surface area contributed by atoms with Crippen molar-refractivity contribution in [2.75, 3.05) is 14.1 Å². The van der Waals surface area contributed by atoms with Gasteiger partial charge in [-0.15, -0.1) is 0 Å². The van der Waals surface area contributed by atoms with E-state index in [0.717, 1.165) is 0 Å². The molecule has 1 aromatic rings. The Balaban J connectivity index is 1.84. The molecule has 0 aromatic heterocycles. The van der Waals surface area contributed by atoms with E-state index in [0.29, 0.717) is 22.9 Å². The molecule has 2 nitrogen and oxygen atoms in total. The fraction of sp³-hybridized carbons (Fsp3) is 0.444. The quantitative estimate of drug-likeness (QED) is 0.596. The van der Waals surface area contributed by atoms with Gasteiger partial charge in [-0.1, -0.05) is 55.5 Å². The van der Waals surface area contributed by atoms with Crippen LogP contribution in [0.3, 0.4) is 0 Å². The molecule has 6 atom stereocenters. The molecule has 0 spiro atoms. The maximum Gasteiger partial charge on any atom is 0.175 e. The summed E-state index contributed by atoms with van der Waals surface area (Å²) >= 11 is 0. The van der Waals surface area contributed by atoms with E-state index in [1.807, 2.05) is 18.8 Å². The van der Waals surface area contributed by atoms with Gasteiger partial charge < -0.3 is 4.57 Å². The highest BCUT2D eigenvalue weighted by molar-refractivity contribution is 7.72. The van der Waals surface area contributed by atoms with Gasteiger partial charge in [0.2, 0.25) is 0 Å². The minimum absolute atomic E-state index is 0.266. The predicted octanol–water partition coefficient (Wildman–Crippen LogP) is 4.25. The van der Waals surface area contributed by atoms with E-state index in [1.54, 1.807) is 0 Å². The Bertz CT molecular complexity index is 722. The fourth-order valence-corrected chi connectivity index (χ4v) is 12.7. The zero-order valence-electron chi connectivity index (χ0n) is 13.6. The van der Waals surface area contributed by atoms with Crippen LogP contribution < -0.4 is 5.30 Å². The number of hydrogen-bond donors (Lipinski definition) is 0. The second kappa shape index (κ2) is 4.91. The molecule has 0 aliphatic carbocycles. The topological polar surface area (TPSA) is 20.3 Å². The van der Waals surface area contributed by atoms with Crippen molar-refractivity contribution < 1.29 is 4.57 Å². The molecular formula is C18H23NOP2. The average molecular weight is 331 g/mol. The van der Waals surface area contributed by atoms with Crippen LogP contribution in [0.5, 0.6) is 0 Å². The predicted molar refractivity (Wildman–Crippen MR) is 96.7 cm³/mol. The van der Waals surface area contributed by atoms with Crippen molar-refractivity contribution in [1.82, 2.24) is 4.67 Å². The smallest absolute Gasteiger partial charge is 0.175 e. The second-order valence-corrected chi connectivity index (χ2v) is 12.5. The first kappa shape index (κ1) is 14.9. The van der Waals surface area contributed by atoms with Crippen LogP contribution in [-0.4, -0.2) is 35.7 Å². The molecule has 1 fully saturated rings. The zero-order chi connectivity index (χ0) is 15.6. The van der Waals surface area contributed by atoms with Gasteiger partial charge in [0.25, 0.3) is 0 Å². The molecule has 0 N–H and O–H groups in total. The van der Waals surface area contributed by atoms with E-state index in [1.165, 1.54) is 16.5 Å². The highest BCUT2D eigenvalue weighted by Crippen LogP contribution is 2.78. The number of fused-ring (bicyclic) bond motifs is 5. The molecule has 0 saturated carbocycles. The molecule has 4 heteroatoms. The van der Waals surface area contributed by atoms with Crippen LogP contribution in [0, 0.1) is 5.92 Å². The second-order valence-electron chi connectivity index (χ2n) is 7.00. The minimum atomic E-state index is -2.39. The Hall–Kier alpha value is -0.680. The standard InChI is InChI=1S/C18H23NOP2/c1-12-10-15-18-16(13(2)11-22(18,20)19(3)4)17(12)21(15)14-8-6-5-7-9-14/h5-11,15-18H,1-4H3/t15-,16-,17+,18+,21?,22?/m0/s1. The van der Waals surface area contributed by atoms with Crippen LogP contribution >= 0.6 is 15.2 Å². The van der Waals surface area contributed by atoms with Crippen molar-refractivity contribution >= 4 is 20.5 Å². The number of benzene rings is 1. The molecule has 2 bridgehead atoms. The SMILES string of the molecule is CC1=CP(=O)(N(C)C)[C@H]2[C@@H]1[C@H]1C(C)=C[C@@H]2P1c1ccccc1. The van der Waals surface area contributed by atoms with Gasteiger partial charge in [-0.3, -0.25) is 4.67 Å². The van der Waals surface area contributed by atoms with Gasteiger partial charge in [-0.05, 0) is 39.1 Å². The third kappa shape index (κ3) is 1.78. The number of nitrogens with zero attached hydrogens (tertiary/aromatic N) is 1. The van der Waals surface area contributed by atoms with Gasteiger partial charge in [0.05, 0.1) is 0 Å². The zero-order valence-corrected chi connectivity index (χ0v) is 15.4. The van der Waals surface area contributed by atoms with Crippen LogP contribution in [0.1, 0.15) is 13.8 Å². The summed E-state index contributed by atoms with van der Waals surface area (Å²) in [7, 11) is 1.32. The summed E-state index contributed by atoms with van der Waals surface area (Å²) in [6, 6.07) is 10.9. The summed E-state index contributed by atoms with van der Waals surface area (Å²) in [4.78, 5) is 0. The lowest BCUT2D eigenvalue weighted by atomic mass is 9.85. The molecular weight excluding hydrogens is 308 g/mol. The van der Waals surface area contributed by atoms with Crippen LogP contribution in [0.25, 0.3) is 0 Å². The molecule has 3 aliphatic rings. The van der Waals surface area contributed by atoms with Gasteiger partial charge >= 0.3 is 0 Å². The van der Waals surface area contributed by atoms with Gasteiger partial charge in [0.1, 0.15) is 0 Å². The van der Waals surface area contributed by atoms with Gasteiger partial charge in [0.15, 0.2) is 7.29 Å². The Kier molecular flexibility index (Phi) is 3.32. The van der Waals surface area contributed by atoms with Gasteiger partial charge in [0, 0.05) is 22.9 Å². The first-order valence-electron chi connectivity index (χ1n) is 7.93. The Morgan fingerprint density at radius 1 is 1.09 bits per heavy atom. The van der Waals surface area contributed by atoms with Crippen LogP contribution in [-0.2, 0) is 4.57 Å². The summed E-state index contributed by atoms with van der Waals surface area (Å²) < 4.78 is 15.6. The van der Waals surface area contributed by atoms with Crippen LogP contribution in [0.15, 0.2) is 53.4 Å². The van der Waals surface area contributed by atoms with E-state index >= 15 is 0 Å². The Morgan fingerprint density at radius 2 is 1.77 bits per heavy atom. The van der Waals surface area contributed by atoms with Crippen molar-refractivity contribution in [2.24, 2.45) is 5.92 Å². The lowest BCUT2D eigenvalue weighted by Crippen LogP contribution is -2.31. The van der Waals surface area contributed by atoms with Crippen molar-refractivity contribution in [2.45, 2.75) is 30.8 Å². The lowest BCUT2D eigenvalue weighted by Gasteiger charge is -2.31. The molecule has 3 aliphatic heterocycles. The van der Waals surface area contributed by atoms with Crippen LogP contribution in [0.2, 0.25) is 0 Å². The van der Waals surface area contributed by atoms with Crippen molar-refractivity contribution in [1.29, 1.82) is 0 Å². The first-order valence-corrected chi connectivity index (χ1v) is 11.2. The summed E-state index contributed by atoms with van der Waals surface area (Å²) in [5.74, 6) is 2.61. The summed E-state index contributed by atoms with van der Waals surface area (Å²) in [6.07, 6.45) is 2.45. The van der Waals surface area contributed by atoms with E-state index in [4.69, 9.17) is 0 Å². The van der Waals surface area contributed by atoms with E-state index < -0.39 is 7.29 Å². The molecule has 0 radical (unpaired) electrons. The molecule has 1 saturated heterocycles. The third-order valence-corrected chi connectivity index (χ3v) is 12.7. The Labute approximate surface area is 134 Å². The van der Waals surface area contributed by atoms with Crippen LogP contribution in [0.4, 0.5) is 0 Å². The average Bonchev–Trinajstić information content (AvgIpc) is 3.07. The van der Waals surface area contributed by atoms with E-state index in [9.17, 15) is 4.57 Å². The largest absolute Gasteiger partial charge is 0.302 e. The van der Waals surface area contributed by atoms with Gasteiger partial charge in [-0.2, -0.15) is 0 Å². The molecule has 3 heterocycles. The van der Waals surface area contributed by atoms with E-state index in [2.05, 4.69) is 56.1 Å². The number of hydrogen-bond acceptors (Lipinski definition) is 1. The Morgan fingerprint density at radius 3 is 2.41 bits per heavy atom. The number of rotatable bonds is 2. The molecule has 22 heavy (non-hydrogen) atoms. The normalized spacial score (nSPS) is 42.5. The highest BCUT2D eigenvalue weighted by Gasteiger charge is 2.63. The monoisotopic (exact) mass is 331 g/mol. The lowest BCUT2D eigenvalue weighted by molar-refractivity contribution is 0.493. The number of allylic oxidation sites excluding steroid dienone is 3. The summed E-state index contributed by atoms with van der Waals surface area (Å²) in [5.41, 5.74) is 4.28. The molecule has 116 valence electrons. The fourth-order valence-electron chi connectivity index (χ4n) is 4.72. The molecule has 1 aromatic carbocycles. The van der Waals surface area contributed by atoms with E-state index in [-0.39, 0.29) is 7.92 Å². The molecule has 4 rings (SSSR count). The maximum absolute atomic E-state index is 13.6. The molecule has 2 unspecified atom stereocenters. The minimum Gasteiger partial charge on any atom is -0.302 e. The van der Waals surface area contributed by atoms with Crippen molar-refractivity contribution in [3.05, 3.63) is 53.4 Å². The molecule has 0 amide bonds. The first-order chi connectivity index (χ1) is 10.4. The van der Waals surface area contributed by atoms with Gasteiger partial charge in [-0.25, -0.2) is 0 Å². The summed E-state index contributed by atoms with van der Waals surface area (Å²) in [5, 5.41) is 1.48.